The molecule has 0 amide bonds. The molecule has 0 aliphatic carbocycles. The third-order valence-corrected chi connectivity index (χ3v) is 1.82. The molecule has 0 rings (SSSR count). The lowest BCUT2D eigenvalue weighted by Gasteiger charge is -2.23. The van der Waals surface area contributed by atoms with Gasteiger partial charge in [0.2, 0.25) is 0 Å². The first kappa shape index (κ1) is 13.2. The van der Waals surface area contributed by atoms with Gasteiger partial charge in [0, 0.05) is 0 Å². The normalized spacial score (nSPS) is 17.5. The van der Waals surface area contributed by atoms with Gasteiger partial charge in [-0.3, -0.25) is 0 Å². The third kappa shape index (κ3) is 3.95. The van der Waals surface area contributed by atoms with Crippen molar-refractivity contribution in [3.05, 3.63) is 0 Å². The number of carbonyl (C=O) groups is 2. The summed E-state index contributed by atoms with van der Waals surface area (Å²) in [7, 11) is 0. The number of aldehydes is 2. The molecular formula is C9H16O5. The van der Waals surface area contributed by atoms with E-state index in [0.29, 0.717) is 6.29 Å². The predicted molar refractivity (Wildman–Crippen MR) is 48.7 cm³/mol. The summed E-state index contributed by atoms with van der Waals surface area (Å²) in [4.78, 5) is 20.7. The Bertz CT molecular complexity index is 180. The molecule has 3 unspecified atom stereocenters. The maximum atomic E-state index is 10.5. The van der Waals surface area contributed by atoms with Gasteiger partial charge in [-0.2, -0.15) is 0 Å². The smallest absolute Gasteiger partial charge is 0.151 e. The Morgan fingerprint density at radius 3 is 2.14 bits per heavy atom. The van der Waals surface area contributed by atoms with Gasteiger partial charge in [-0.05, 0) is 5.92 Å². The van der Waals surface area contributed by atoms with E-state index < -0.39 is 24.9 Å². The van der Waals surface area contributed by atoms with Crippen LogP contribution in [0.25, 0.3) is 0 Å². The van der Waals surface area contributed by atoms with Crippen LogP contribution in [0.2, 0.25) is 0 Å². The summed E-state index contributed by atoms with van der Waals surface area (Å²) in [6, 6.07) is 0. The van der Waals surface area contributed by atoms with E-state index in [4.69, 9.17) is 14.9 Å². The van der Waals surface area contributed by atoms with Crippen molar-refractivity contribution < 1.29 is 24.5 Å². The van der Waals surface area contributed by atoms with Crippen molar-refractivity contribution >= 4 is 12.6 Å². The highest BCUT2D eigenvalue weighted by atomic mass is 16.5. The van der Waals surface area contributed by atoms with Gasteiger partial charge >= 0.3 is 0 Å². The molecule has 5 nitrogen and oxygen atoms in total. The Morgan fingerprint density at radius 2 is 1.86 bits per heavy atom. The third-order valence-electron chi connectivity index (χ3n) is 1.82. The molecule has 0 bridgehead atoms. The van der Waals surface area contributed by atoms with Gasteiger partial charge in [-0.15, -0.1) is 0 Å². The molecule has 0 spiro atoms. The van der Waals surface area contributed by atoms with E-state index in [1.54, 1.807) is 13.8 Å². The van der Waals surface area contributed by atoms with Crippen LogP contribution in [-0.2, 0) is 14.3 Å². The lowest BCUT2D eigenvalue weighted by Crippen LogP contribution is -2.39. The molecule has 0 radical (unpaired) electrons. The molecule has 0 aromatic rings. The minimum absolute atomic E-state index is 0.0691. The van der Waals surface area contributed by atoms with Crippen LogP contribution >= 0.6 is 0 Å². The largest absolute Gasteiger partial charge is 0.394 e. The van der Waals surface area contributed by atoms with Crippen molar-refractivity contribution in [3.8, 4) is 0 Å². The molecule has 0 aromatic heterocycles. The summed E-state index contributed by atoms with van der Waals surface area (Å²) < 4.78 is 5.06. The molecule has 3 atom stereocenters. The van der Waals surface area contributed by atoms with Gasteiger partial charge in [0.25, 0.3) is 0 Å². The maximum absolute atomic E-state index is 10.5. The van der Waals surface area contributed by atoms with E-state index in [1.165, 1.54) is 0 Å². The van der Waals surface area contributed by atoms with E-state index in [0.717, 1.165) is 0 Å². The van der Waals surface area contributed by atoms with Crippen molar-refractivity contribution in [1.82, 2.24) is 0 Å². The standard InChI is InChI=1S/C9H16O5/c1-6(2)8(4-11)14-9(5-12)7(13)3-10/h3-4,6-9,12-13H,5H2,1-2H3. The average molecular weight is 204 g/mol. The second-order valence-electron chi connectivity index (χ2n) is 3.33. The van der Waals surface area contributed by atoms with Crippen molar-refractivity contribution in [1.29, 1.82) is 0 Å². The number of hydrogen-bond acceptors (Lipinski definition) is 5. The molecule has 14 heavy (non-hydrogen) atoms. The Morgan fingerprint density at radius 1 is 1.29 bits per heavy atom. The number of carbonyl (C=O) groups excluding carboxylic acids is 2. The summed E-state index contributed by atoms with van der Waals surface area (Å²) in [6.45, 7) is 3.03. The lowest BCUT2D eigenvalue weighted by atomic mass is 10.1. The van der Waals surface area contributed by atoms with Gasteiger partial charge in [0.15, 0.2) is 6.29 Å². The summed E-state index contributed by atoms with van der Waals surface area (Å²) in [5.41, 5.74) is 0. The van der Waals surface area contributed by atoms with Crippen molar-refractivity contribution in [3.63, 3.8) is 0 Å². The number of hydrogen-bond donors (Lipinski definition) is 2. The Kier molecular flexibility index (Phi) is 6.27. The number of ether oxygens (including phenoxy) is 1. The number of aliphatic hydroxyl groups is 2. The summed E-state index contributed by atoms with van der Waals surface area (Å²) in [5.74, 6) is -0.0691. The summed E-state index contributed by atoms with van der Waals surface area (Å²) >= 11 is 0. The fraction of sp³-hybridized carbons (Fsp3) is 0.778. The van der Waals surface area contributed by atoms with Crippen LogP contribution in [0, 0.1) is 5.92 Å². The van der Waals surface area contributed by atoms with E-state index in [-0.39, 0.29) is 12.2 Å². The monoisotopic (exact) mass is 204 g/mol. The van der Waals surface area contributed by atoms with E-state index >= 15 is 0 Å². The maximum Gasteiger partial charge on any atom is 0.151 e. The molecule has 0 aliphatic rings. The van der Waals surface area contributed by atoms with Crippen molar-refractivity contribution in [2.75, 3.05) is 6.61 Å². The molecule has 82 valence electrons. The predicted octanol–water partition coefficient (Wildman–Crippen LogP) is -0.853. The van der Waals surface area contributed by atoms with Crippen LogP contribution < -0.4 is 0 Å². The highest BCUT2D eigenvalue weighted by molar-refractivity contribution is 5.58. The van der Waals surface area contributed by atoms with Gasteiger partial charge in [0.1, 0.15) is 24.6 Å². The molecular weight excluding hydrogens is 188 g/mol. The highest BCUT2D eigenvalue weighted by Crippen LogP contribution is 2.08. The SMILES string of the molecule is CC(C)C(C=O)OC(CO)C(O)C=O. The van der Waals surface area contributed by atoms with Crippen LogP contribution in [0.3, 0.4) is 0 Å². The first-order chi connectivity index (χ1) is 6.56. The first-order valence-corrected chi connectivity index (χ1v) is 4.41. The van der Waals surface area contributed by atoms with Crippen molar-refractivity contribution in [2.24, 2.45) is 5.92 Å². The lowest BCUT2D eigenvalue weighted by molar-refractivity contribution is -0.144. The van der Waals surface area contributed by atoms with Crippen LogP contribution in [0.1, 0.15) is 13.8 Å². The van der Waals surface area contributed by atoms with E-state index in [9.17, 15) is 9.59 Å². The van der Waals surface area contributed by atoms with E-state index in [2.05, 4.69) is 0 Å². The minimum atomic E-state index is -1.40. The summed E-state index contributed by atoms with van der Waals surface area (Å²) in [6.07, 6.45) is -2.30. The van der Waals surface area contributed by atoms with Crippen LogP contribution in [0.4, 0.5) is 0 Å². The Balaban J connectivity index is 4.27. The van der Waals surface area contributed by atoms with Gasteiger partial charge in [-0.25, -0.2) is 0 Å². The molecule has 0 saturated carbocycles. The molecule has 0 heterocycles. The van der Waals surface area contributed by atoms with Gasteiger partial charge in [0.05, 0.1) is 6.61 Å². The molecule has 2 N–H and O–H groups in total. The number of rotatable bonds is 7. The number of aliphatic hydroxyl groups excluding tert-OH is 2. The first-order valence-electron chi connectivity index (χ1n) is 4.41. The average Bonchev–Trinajstić information content (AvgIpc) is 2.18. The molecule has 0 aromatic carbocycles. The van der Waals surface area contributed by atoms with Crippen LogP contribution in [0.15, 0.2) is 0 Å². The zero-order chi connectivity index (χ0) is 11.1. The Labute approximate surface area is 82.7 Å². The zero-order valence-electron chi connectivity index (χ0n) is 8.29. The van der Waals surface area contributed by atoms with Gasteiger partial charge < -0.3 is 24.5 Å². The minimum Gasteiger partial charge on any atom is -0.394 e. The van der Waals surface area contributed by atoms with Crippen LogP contribution in [-0.4, -0.2) is 47.7 Å². The topological polar surface area (TPSA) is 83.8 Å². The van der Waals surface area contributed by atoms with Gasteiger partial charge in [-0.1, -0.05) is 13.8 Å². The quantitative estimate of drug-likeness (QED) is 0.527. The second kappa shape index (κ2) is 6.64. The zero-order valence-corrected chi connectivity index (χ0v) is 8.29. The fourth-order valence-electron chi connectivity index (χ4n) is 0.867. The molecule has 0 fully saturated rings. The van der Waals surface area contributed by atoms with E-state index in [1.807, 2.05) is 0 Å². The molecule has 0 aliphatic heterocycles. The molecule has 0 saturated heterocycles. The van der Waals surface area contributed by atoms with Crippen molar-refractivity contribution in [2.45, 2.75) is 32.2 Å². The second-order valence-corrected chi connectivity index (χ2v) is 3.33. The molecule has 5 heteroatoms. The van der Waals surface area contributed by atoms with Crippen LogP contribution in [0.5, 0.6) is 0 Å². The Hall–Kier alpha value is -0.780. The summed E-state index contributed by atoms with van der Waals surface area (Å²) in [5, 5.41) is 17.9. The highest BCUT2D eigenvalue weighted by Gasteiger charge is 2.24. The fourth-order valence-corrected chi connectivity index (χ4v) is 0.867.